The van der Waals surface area contributed by atoms with Gasteiger partial charge in [0.15, 0.2) is 0 Å². The van der Waals surface area contributed by atoms with Gasteiger partial charge in [-0.2, -0.15) is 4.31 Å². The molecule has 0 spiro atoms. The first-order chi connectivity index (χ1) is 13.2. The van der Waals surface area contributed by atoms with Gasteiger partial charge in [-0.1, -0.05) is 44.4 Å². The highest BCUT2D eigenvalue weighted by Gasteiger charge is 2.35. The first kappa shape index (κ1) is 21.3. The van der Waals surface area contributed by atoms with Crippen LogP contribution < -0.4 is 5.32 Å². The summed E-state index contributed by atoms with van der Waals surface area (Å²) in [5.74, 6) is 1.16. The normalized spacial score (nSPS) is 27.5. The zero-order chi connectivity index (χ0) is 20.5. The smallest absolute Gasteiger partial charge is 0.243 e. The summed E-state index contributed by atoms with van der Waals surface area (Å²) in [5.41, 5.74) is 1.83. The molecule has 6 heteroatoms. The van der Waals surface area contributed by atoms with Gasteiger partial charge in [-0.25, -0.2) is 8.42 Å². The molecule has 1 N–H and O–H groups in total. The van der Waals surface area contributed by atoms with Crippen LogP contribution in [0.5, 0.6) is 0 Å². The van der Waals surface area contributed by atoms with E-state index < -0.39 is 10.0 Å². The molecule has 1 aromatic carbocycles. The summed E-state index contributed by atoms with van der Waals surface area (Å²) in [6.45, 7) is 9.11. The standard InChI is InChI=1S/C22H34N2O3S/c1-15-8-9-21(17(3)14-15)28(26,27)24-12-10-19(11-13-24)22(25)23-20-7-5-6-16(2)18(20)4/h8-9,14,16,18-20H,5-7,10-13H2,1-4H3,(H,23,25). The molecule has 1 heterocycles. The Morgan fingerprint density at radius 2 is 1.75 bits per heavy atom. The molecule has 2 fully saturated rings. The molecule has 0 aromatic heterocycles. The summed E-state index contributed by atoms with van der Waals surface area (Å²) in [5, 5.41) is 3.26. The number of hydrogen-bond acceptors (Lipinski definition) is 3. The minimum atomic E-state index is -3.50. The van der Waals surface area contributed by atoms with E-state index >= 15 is 0 Å². The van der Waals surface area contributed by atoms with Gasteiger partial charge in [-0.3, -0.25) is 4.79 Å². The Bertz CT molecular complexity index is 813. The van der Waals surface area contributed by atoms with Crippen LogP contribution in [0, 0.1) is 31.6 Å². The number of amides is 1. The molecule has 5 nitrogen and oxygen atoms in total. The number of benzene rings is 1. The van der Waals surface area contributed by atoms with Gasteiger partial charge < -0.3 is 5.32 Å². The summed E-state index contributed by atoms with van der Waals surface area (Å²) in [7, 11) is -3.50. The van der Waals surface area contributed by atoms with Gasteiger partial charge in [0.2, 0.25) is 15.9 Å². The van der Waals surface area contributed by atoms with Crippen LogP contribution in [0.25, 0.3) is 0 Å². The lowest BCUT2D eigenvalue weighted by molar-refractivity contribution is -0.127. The van der Waals surface area contributed by atoms with Gasteiger partial charge in [0.1, 0.15) is 0 Å². The number of nitrogens with one attached hydrogen (secondary N) is 1. The molecule has 1 saturated heterocycles. The van der Waals surface area contributed by atoms with E-state index in [1.165, 1.54) is 12.8 Å². The fraction of sp³-hybridized carbons (Fsp3) is 0.682. The fourth-order valence-electron chi connectivity index (χ4n) is 4.67. The van der Waals surface area contributed by atoms with Crippen molar-refractivity contribution in [3.8, 4) is 0 Å². The monoisotopic (exact) mass is 406 g/mol. The van der Waals surface area contributed by atoms with Crippen molar-refractivity contribution in [2.75, 3.05) is 13.1 Å². The van der Waals surface area contributed by atoms with Gasteiger partial charge in [-0.05, 0) is 56.6 Å². The molecule has 0 bridgehead atoms. The van der Waals surface area contributed by atoms with Crippen LogP contribution in [-0.2, 0) is 14.8 Å². The van der Waals surface area contributed by atoms with E-state index in [1.807, 2.05) is 26.0 Å². The molecule has 2 aliphatic rings. The number of rotatable bonds is 4. The van der Waals surface area contributed by atoms with Gasteiger partial charge in [0, 0.05) is 25.0 Å². The van der Waals surface area contributed by atoms with E-state index in [9.17, 15) is 13.2 Å². The lowest BCUT2D eigenvalue weighted by Crippen LogP contribution is -2.48. The fourth-order valence-corrected chi connectivity index (χ4v) is 6.35. The van der Waals surface area contributed by atoms with E-state index in [4.69, 9.17) is 0 Å². The maximum absolute atomic E-state index is 13.0. The number of carbonyl (C=O) groups is 1. The van der Waals surface area contributed by atoms with Crippen LogP contribution in [0.3, 0.4) is 0 Å². The number of piperidine rings is 1. The van der Waals surface area contributed by atoms with E-state index in [1.54, 1.807) is 10.4 Å². The average Bonchev–Trinajstić information content (AvgIpc) is 2.65. The Morgan fingerprint density at radius 3 is 2.39 bits per heavy atom. The van der Waals surface area contributed by atoms with Crippen molar-refractivity contribution in [2.24, 2.45) is 17.8 Å². The second-order valence-electron chi connectivity index (χ2n) is 8.83. The molecule has 3 atom stereocenters. The third kappa shape index (κ3) is 4.43. The second kappa shape index (κ2) is 8.54. The van der Waals surface area contributed by atoms with Gasteiger partial charge in [-0.15, -0.1) is 0 Å². The molecule has 1 amide bonds. The Kier molecular flexibility index (Phi) is 6.50. The Labute approximate surface area is 169 Å². The Hall–Kier alpha value is -1.40. The average molecular weight is 407 g/mol. The van der Waals surface area contributed by atoms with Crippen LogP contribution in [-0.4, -0.2) is 37.8 Å². The number of carbonyl (C=O) groups excluding carboxylic acids is 1. The van der Waals surface area contributed by atoms with E-state index in [-0.39, 0.29) is 17.9 Å². The first-order valence-electron chi connectivity index (χ1n) is 10.6. The van der Waals surface area contributed by atoms with Crippen molar-refractivity contribution < 1.29 is 13.2 Å². The zero-order valence-electron chi connectivity index (χ0n) is 17.6. The molecule has 3 rings (SSSR count). The molecule has 1 aliphatic heterocycles. The maximum atomic E-state index is 13.0. The van der Waals surface area contributed by atoms with Crippen LogP contribution in [0.4, 0.5) is 0 Å². The molecule has 156 valence electrons. The molecule has 3 unspecified atom stereocenters. The van der Waals surface area contributed by atoms with Gasteiger partial charge >= 0.3 is 0 Å². The summed E-state index contributed by atoms with van der Waals surface area (Å²) in [6, 6.07) is 5.70. The third-order valence-corrected chi connectivity index (χ3v) is 8.87. The van der Waals surface area contributed by atoms with Crippen molar-refractivity contribution in [3.05, 3.63) is 29.3 Å². The number of nitrogens with zero attached hydrogens (tertiary/aromatic N) is 1. The quantitative estimate of drug-likeness (QED) is 0.830. The minimum Gasteiger partial charge on any atom is -0.353 e. The Morgan fingerprint density at radius 1 is 1.07 bits per heavy atom. The predicted molar refractivity (Wildman–Crippen MR) is 112 cm³/mol. The van der Waals surface area contributed by atoms with Crippen LogP contribution in [0.2, 0.25) is 0 Å². The second-order valence-corrected chi connectivity index (χ2v) is 10.7. The molecule has 1 saturated carbocycles. The number of aryl methyl sites for hydroxylation is 2. The van der Waals surface area contributed by atoms with E-state index in [0.29, 0.717) is 42.7 Å². The number of sulfonamides is 1. The molecule has 1 aliphatic carbocycles. The molecule has 1 aromatic rings. The van der Waals surface area contributed by atoms with Gasteiger partial charge in [0.25, 0.3) is 0 Å². The molecule has 0 radical (unpaired) electrons. The number of hydrogen-bond donors (Lipinski definition) is 1. The highest BCUT2D eigenvalue weighted by Crippen LogP contribution is 2.31. The third-order valence-electron chi connectivity index (χ3n) is 6.81. The topological polar surface area (TPSA) is 66.5 Å². The highest BCUT2D eigenvalue weighted by atomic mass is 32.2. The molecular formula is C22H34N2O3S. The zero-order valence-corrected chi connectivity index (χ0v) is 18.4. The van der Waals surface area contributed by atoms with E-state index in [0.717, 1.165) is 17.5 Å². The predicted octanol–water partition coefficient (Wildman–Crippen LogP) is 3.65. The highest BCUT2D eigenvalue weighted by molar-refractivity contribution is 7.89. The first-order valence-corrected chi connectivity index (χ1v) is 12.0. The minimum absolute atomic E-state index is 0.0880. The van der Waals surface area contributed by atoms with Gasteiger partial charge in [0.05, 0.1) is 4.90 Å². The summed E-state index contributed by atoms with van der Waals surface area (Å²) in [6.07, 6.45) is 4.64. The maximum Gasteiger partial charge on any atom is 0.243 e. The van der Waals surface area contributed by atoms with Crippen LogP contribution >= 0.6 is 0 Å². The largest absolute Gasteiger partial charge is 0.353 e. The molecule has 28 heavy (non-hydrogen) atoms. The van der Waals surface area contributed by atoms with Crippen molar-refractivity contribution in [3.63, 3.8) is 0 Å². The van der Waals surface area contributed by atoms with Crippen LogP contribution in [0.15, 0.2) is 23.1 Å². The molecular weight excluding hydrogens is 372 g/mol. The van der Waals surface area contributed by atoms with Crippen molar-refractivity contribution in [2.45, 2.75) is 70.7 Å². The Balaban J connectivity index is 1.60. The summed E-state index contributed by atoms with van der Waals surface area (Å²) in [4.78, 5) is 13.1. The van der Waals surface area contributed by atoms with Crippen molar-refractivity contribution in [1.82, 2.24) is 9.62 Å². The summed E-state index contributed by atoms with van der Waals surface area (Å²) < 4.78 is 27.6. The van der Waals surface area contributed by atoms with Crippen molar-refractivity contribution in [1.29, 1.82) is 0 Å². The van der Waals surface area contributed by atoms with E-state index in [2.05, 4.69) is 19.2 Å². The van der Waals surface area contributed by atoms with Crippen LogP contribution in [0.1, 0.15) is 57.1 Å². The lowest BCUT2D eigenvalue weighted by Gasteiger charge is -2.36. The van der Waals surface area contributed by atoms with Crippen molar-refractivity contribution >= 4 is 15.9 Å². The SMILES string of the molecule is Cc1ccc(S(=O)(=O)N2CCC(C(=O)NC3CCCC(C)C3C)CC2)c(C)c1. The lowest BCUT2D eigenvalue weighted by atomic mass is 9.78. The summed E-state index contributed by atoms with van der Waals surface area (Å²) >= 11 is 0.